The Hall–Kier alpha value is -3.36. The number of hydrogen-bond acceptors (Lipinski definition) is 6. The smallest absolute Gasteiger partial charge is 0.416 e. The second-order valence-corrected chi connectivity index (χ2v) is 7.59. The van der Waals surface area contributed by atoms with E-state index in [2.05, 4.69) is 9.97 Å². The molecule has 0 N–H and O–H groups in total. The molecule has 1 aromatic carbocycles. The molecule has 1 unspecified atom stereocenters. The largest absolute Gasteiger partial charge is 0.498 e. The number of rotatable bonds is 3. The number of anilines is 2. The Morgan fingerprint density at radius 3 is 2.65 bits per heavy atom. The van der Waals surface area contributed by atoms with Gasteiger partial charge in [0.1, 0.15) is 18.7 Å². The van der Waals surface area contributed by atoms with Crippen molar-refractivity contribution in [3.63, 3.8) is 0 Å². The SMILES string of the molecule is CC1=COCCN1c1nc(N2CCC2c2ccccc2C(F)(F)F)c2cccnc2n1. The molecule has 2 aliphatic heterocycles. The van der Waals surface area contributed by atoms with E-state index in [4.69, 9.17) is 9.72 Å². The number of hydrogen-bond donors (Lipinski definition) is 0. The zero-order valence-electron chi connectivity index (χ0n) is 16.8. The fraction of sp³-hybridized carbons (Fsp3) is 0.318. The van der Waals surface area contributed by atoms with Crippen LogP contribution < -0.4 is 9.80 Å². The zero-order chi connectivity index (χ0) is 21.6. The summed E-state index contributed by atoms with van der Waals surface area (Å²) < 4.78 is 46.2. The van der Waals surface area contributed by atoms with Crippen molar-refractivity contribution < 1.29 is 17.9 Å². The Balaban J connectivity index is 1.61. The molecule has 0 amide bonds. The van der Waals surface area contributed by atoms with Crippen LogP contribution >= 0.6 is 0 Å². The van der Waals surface area contributed by atoms with Crippen molar-refractivity contribution in [2.45, 2.75) is 25.6 Å². The summed E-state index contributed by atoms with van der Waals surface area (Å²) in [6, 6.07) is 8.99. The lowest BCUT2D eigenvalue weighted by Crippen LogP contribution is -2.43. The van der Waals surface area contributed by atoms with Crippen molar-refractivity contribution in [1.82, 2.24) is 15.0 Å². The van der Waals surface area contributed by atoms with Gasteiger partial charge in [-0.2, -0.15) is 23.1 Å². The van der Waals surface area contributed by atoms with E-state index in [9.17, 15) is 13.2 Å². The predicted octanol–water partition coefficient (Wildman–Crippen LogP) is 4.69. The second-order valence-electron chi connectivity index (χ2n) is 7.59. The monoisotopic (exact) mass is 427 g/mol. The minimum atomic E-state index is -4.41. The summed E-state index contributed by atoms with van der Waals surface area (Å²) in [5.74, 6) is 1.06. The lowest BCUT2D eigenvalue weighted by Gasteiger charge is -2.43. The van der Waals surface area contributed by atoms with Crippen LogP contribution in [0.4, 0.5) is 24.9 Å². The molecule has 2 aromatic heterocycles. The topological polar surface area (TPSA) is 54.4 Å². The number of fused-ring (bicyclic) bond motifs is 1. The Bertz CT molecular complexity index is 1160. The maximum absolute atomic E-state index is 13.6. The third-order valence-electron chi connectivity index (χ3n) is 5.71. The molecule has 160 valence electrons. The molecule has 1 saturated heterocycles. The van der Waals surface area contributed by atoms with E-state index in [-0.39, 0.29) is 5.56 Å². The number of aromatic nitrogens is 3. The predicted molar refractivity (Wildman–Crippen MR) is 111 cm³/mol. The minimum Gasteiger partial charge on any atom is -0.498 e. The van der Waals surface area contributed by atoms with Gasteiger partial charge >= 0.3 is 6.18 Å². The number of benzene rings is 1. The van der Waals surface area contributed by atoms with Crippen LogP contribution in [0.2, 0.25) is 0 Å². The third-order valence-corrected chi connectivity index (χ3v) is 5.71. The highest BCUT2D eigenvalue weighted by molar-refractivity contribution is 5.88. The highest BCUT2D eigenvalue weighted by Crippen LogP contribution is 2.44. The molecule has 0 bridgehead atoms. The number of ether oxygens (including phenoxy) is 1. The van der Waals surface area contributed by atoms with Gasteiger partial charge in [0.15, 0.2) is 5.65 Å². The van der Waals surface area contributed by atoms with Crippen molar-refractivity contribution in [3.05, 3.63) is 65.7 Å². The molecule has 0 saturated carbocycles. The highest BCUT2D eigenvalue weighted by atomic mass is 19.4. The van der Waals surface area contributed by atoms with Crippen molar-refractivity contribution in [1.29, 1.82) is 0 Å². The Morgan fingerprint density at radius 2 is 1.90 bits per heavy atom. The van der Waals surface area contributed by atoms with Gasteiger partial charge in [-0.25, -0.2) is 4.98 Å². The molecule has 0 spiro atoms. The summed E-state index contributed by atoms with van der Waals surface area (Å²) >= 11 is 0. The fourth-order valence-corrected chi connectivity index (χ4v) is 4.11. The van der Waals surface area contributed by atoms with Gasteiger partial charge in [-0.15, -0.1) is 0 Å². The van der Waals surface area contributed by atoms with Crippen molar-refractivity contribution in [2.24, 2.45) is 0 Å². The van der Waals surface area contributed by atoms with Gasteiger partial charge in [0.05, 0.1) is 29.2 Å². The van der Waals surface area contributed by atoms with Crippen molar-refractivity contribution >= 4 is 22.8 Å². The number of halogens is 3. The molecule has 9 heteroatoms. The van der Waals surface area contributed by atoms with Crippen LogP contribution in [0.3, 0.4) is 0 Å². The fourth-order valence-electron chi connectivity index (χ4n) is 4.11. The molecule has 3 aromatic rings. The molecule has 0 aliphatic carbocycles. The van der Waals surface area contributed by atoms with Crippen LogP contribution in [-0.4, -0.2) is 34.6 Å². The van der Waals surface area contributed by atoms with E-state index in [1.807, 2.05) is 22.8 Å². The van der Waals surface area contributed by atoms with Crippen molar-refractivity contribution in [2.75, 3.05) is 29.5 Å². The van der Waals surface area contributed by atoms with Gasteiger partial charge < -0.3 is 14.5 Å². The van der Waals surface area contributed by atoms with Crippen LogP contribution in [0.1, 0.15) is 30.5 Å². The van der Waals surface area contributed by atoms with Crippen molar-refractivity contribution in [3.8, 4) is 0 Å². The first-order valence-electron chi connectivity index (χ1n) is 10.0. The summed E-state index contributed by atoms with van der Waals surface area (Å²) in [5.41, 5.74) is 1.03. The van der Waals surface area contributed by atoms with Crippen LogP contribution in [-0.2, 0) is 10.9 Å². The average Bonchev–Trinajstić information content (AvgIpc) is 2.73. The first-order valence-corrected chi connectivity index (χ1v) is 10.0. The summed E-state index contributed by atoms with van der Waals surface area (Å²) in [7, 11) is 0. The van der Waals surface area contributed by atoms with Crippen LogP contribution in [0, 0.1) is 0 Å². The quantitative estimate of drug-likeness (QED) is 0.604. The number of pyridine rings is 1. The summed E-state index contributed by atoms with van der Waals surface area (Å²) in [4.78, 5) is 17.6. The first kappa shape index (κ1) is 19.6. The molecular formula is C22H20F3N5O. The average molecular weight is 427 g/mol. The molecule has 0 radical (unpaired) electrons. The molecule has 2 aliphatic rings. The zero-order valence-corrected chi connectivity index (χ0v) is 16.8. The lowest BCUT2D eigenvalue weighted by molar-refractivity contribution is -0.138. The standard InChI is InChI=1S/C22H20F3N5O/c1-14-13-31-12-11-29(14)21-27-19-16(6-4-9-26-19)20(28-21)30-10-8-18(30)15-5-2-3-7-17(15)22(23,24)25/h2-7,9,13,18H,8,10-12H2,1H3. The molecule has 5 rings (SSSR count). The van der Waals surface area contributed by atoms with E-state index < -0.39 is 17.8 Å². The molecule has 1 atom stereocenters. The molecule has 1 fully saturated rings. The summed E-state index contributed by atoms with van der Waals surface area (Å²) in [6.45, 7) is 3.59. The Labute approximate surface area is 177 Å². The Morgan fingerprint density at radius 1 is 1.06 bits per heavy atom. The van der Waals surface area contributed by atoms with E-state index >= 15 is 0 Å². The lowest BCUT2D eigenvalue weighted by atomic mass is 9.90. The molecular weight excluding hydrogens is 407 g/mol. The van der Waals surface area contributed by atoms with E-state index in [0.29, 0.717) is 43.5 Å². The maximum Gasteiger partial charge on any atom is 0.416 e. The normalized spacial score (nSPS) is 19.1. The van der Waals surface area contributed by atoms with Gasteiger partial charge in [-0.1, -0.05) is 18.2 Å². The second kappa shape index (κ2) is 7.40. The Kier molecular flexibility index (Phi) is 4.68. The van der Waals surface area contributed by atoms with Gasteiger partial charge in [-0.05, 0) is 37.1 Å². The number of alkyl halides is 3. The molecule has 31 heavy (non-hydrogen) atoms. The molecule has 4 heterocycles. The van der Waals surface area contributed by atoms with Crippen LogP contribution in [0.25, 0.3) is 11.0 Å². The van der Waals surface area contributed by atoms with E-state index in [1.54, 1.807) is 30.7 Å². The van der Waals surface area contributed by atoms with Gasteiger partial charge in [0, 0.05) is 12.7 Å². The van der Waals surface area contributed by atoms with Gasteiger partial charge in [0.2, 0.25) is 5.95 Å². The summed E-state index contributed by atoms with van der Waals surface area (Å²) in [6.07, 6.45) is -0.489. The van der Waals surface area contributed by atoms with Gasteiger partial charge in [-0.3, -0.25) is 0 Å². The third kappa shape index (κ3) is 3.43. The summed E-state index contributed by atoms with van der Waals surface area (Å²) in [5, 5.41) is 0.718. The van der Waals surface area contributed by atoms with Crippen LogP contribution in [0.15, 0.2) is 54.6 Å². The molecule has 6 nitrogen and oxygen atoms in total. The minimum absolute atomic E-state index is 0.265. The van der Waals surface area contributed by atoms with Gasteiger partial charge in [0.25, 0.3) is 0 Å². The van der Waals surface area contributed by atoms with Crippen LogP contribution in [0.5, 0.6) is 0 Å². The number of allylic oxidation sites excluding steroid dienone is 1. The van der Waals surface area contributed by atoms with E-state index in [1.165, 1.54) is 6.07 Å². The van der Waals surface area contributed by atoms with E-state index in [0.717, 1.165) is 17.1 Å². The number of nitrogens with zero attached hydrogens (tertiary/aromatic N) is 5. The highest BCUT2D eigenvalue weighted by Gasteiger charge is 2.40. The first-order chi connectivity index (χ1) is 14.9. The maximum atomic E-state index is 13.6.